The number of rotatable bonds is 3. The Labute approximate surface area is 108 Å². The first-order valence-corrected chi connectivity index (χ1v) is 5.86. The lowest BCUT2D eigenvalue weighted by molar-refractivity contribution is -0.139. The van der Waals surface area contributed by atoms with Crippen molar-refractivity contribution in [1.82, 2.24) is 0 Å². The van der Waals surface area contributed by atoms with Crippen LogP contribution in [0.4, 0.5) is 13.2 Å². The van der Waals surface area contributed by atoms with Gasteiger partial charge in [0.05, 0.1) is 23.3 Å². The third-order valence-corrected chi connectivity index (χ3v) is 2.86. The van der Waals surface area contributed by atoms with E-state index in [1.807, 2.05) is 0 Å². The number of nitriles is 1. The zero-order chi connectivity index (χ0) is 13.9. The Morgan fingerprint density at radius 3 is 2.79 bits per heavy atom. The molecule has 2 rings (SSSR count). The molecule has 3 nitrogen and oxygen atoms in total. The van der Waals surface area contributed by atoms with Crippen LogP contribution in [-0.2, 0) is 10.9 Å². The van der Waals surface area contributed by atoms with E-state index >= 15 is 0 Å². The Balaban J connectivity index is 2.16. The van der Waals surface area contributed by atoms with Crippen LogP contribution >= 0.6 is 0 Å². The topological polar surface area (TPSA) is 42.2 Å². The van der Waals surface area contributed by atoms with Crippen molar-refractivity contribution < 1.29 is 22.6 Å². The first-order valence-electron chi connectivity index (χ1n) is 5.86. The Bertz CT molecular complexity index is 488. The first-order chi connectivity index (χ1) is 9.00. The van der Waals surface area contributed by atoms with Gasteiger partial charge in [-0.1, -0.05) is 0 Å². The molecule has 1 aromatic carbocycles. The molecule has 1 aliphatic rings. The van der Waals surface area contributed by atoms with Crippen molar-refractivity contribution in [3.05, 3.63) is 29.3 Å². The number of ether oxygens (including phenoxy) is 2. The minimum Gasteiger partial charge on any atom is -0.490 e. The van der Waals surface area contributed by atoms with Gasteiger partial charge in [-0.15, -0.1) is 0 Å². The summed E-state index contributed by atoms with van der Waals surface area (Å²) < 4.78 is 49.0. The van der Waals surface area contributed by atoms with Crippen molar-refractivity contribution in [2.75, 3.05) is 13.2 Å². The maximum Gasteiger partial charge on any atom is 0.420 e. The van der Waals surface area contributed by atoms with Crippen molar-refractivity contribution in [2.45, 2.75) is 25.1 Å². The summed E-state index contributed by atoms with van der Waals surface area (Å²) in [6.07, 6.45) is -3.01. The van der Waals surface area contributed by atoms with Gasteiger partial charge in [-0.3, -0.25) is 0 Å². The van der Waals surface area contributed by atoms with E-state index < -0.39 is 11.7 Å². The molecular weight excluding hydrogens is 259 g/mol. The highest BCUT2D eigenvalue weighted by molar-refractivity contribution is 5.43. The van der Waals surface area contributed by atoms with Crippen LogP contribution in [0.5, 0.6) is 5.75 Å². The molecule has 6 heteroatoms. The van der Waals surface area contributed by atoms with E-state index in [2.05, 4.69) is 0 Å². The monoisotopic (exact) mass is 271 g/mol. The summed E-state index contributed by atoms with van der Waals surface area (Å²) in [5, 5.41) is 8.64. The summed E-state index contributed by atoms with van der Waals surface area (Å²) in [7, 11) is 0. The average molecular weight is 271 g/mol. The largest absolute Gasteiger partial charge is 0.490 e. The molecule has 1 aromatic rings. The second-order valence-corrected chi connectivity index (χ2v) is 4.27. The zero-order valence-electron chi connectivity index (χ0n) is 10.0. The summed E-state index contributed by atoms with van der Waals surface area (Å²) in [6, 6.07) is 4.96. The molecule has 1 unspecified atom stereocenters. The normalized spacial score (nSPS) is 19.2. The maximum absolute atomic E-state index is 12.8. The summed E-state index contributed by atoms with van der Waals surface area (Å²) in [5.74, 6) is -0.262. The van der Waals surface area contributed by atoms with Gasteiger partial charge in [0.1, 0.15) is 12.4 Å². The van der Waals surface area contributed by atoms with Crippen LogP contribution in [0.1, 0.15) is 24.0 Å². The van der Waals surface area contributed by atoms with E-state index in [4.69, 9.17) is 14.7 Å². The number of benzene rings is 1. The van der Waals surface area contributed by atoms with E-state index in [0.29, 0.717) is 6.61 Å². The number of nitrogens with zero attached hydrogens (tertiary/aromatic N) is 1. The quantitative estimate of drug-likeness (QED) is 0.848. The van der Waals surface area contributed by atoms with Gasteiger partial charge in [0, 0.05) is 6.61 Å². The highest BCUT2D eigenvalue weighted by atomic mass is 19.4. The van der Waals surface area contributed by atoms with Gasteiger partial charge < -0.3 is 9.47 Å². The minimum atomic E-state index is -4.54. The minimum absolute atomic E-state index is 0.0446. The fraction of sp³-hybridized carbons (Fsp3) is 0.462. The lowest BCUT2D eigenvalue weighted by Gasteiger charge is -2.16. The summed E-state index contributed by atoms with van der Waals surface area (Å²) in [5.41, 5.74) is -0.971. The second-order valence-electron chi connectivity index (χ2n) is 4.27. The zero-order valence-corrected chi connectivity index (χ0v) is 10.0. The molecule has 0 saturated carbocycles. The van der Waals surface area contributed by atoms with E-state index in [9.17, 15) is 13.2 Å². The van der Waals surface area contributed by atoms with E-state index in [1.165, 1.54) is 12.1 Å². The lowest BCUT2D eigenvalue weighted by Crippen LogP contribution is -2.18. The number of halogens is 3. The van der Waals surface area contributed by atoms with Crippen molar-refractivity contribution in [3.63, 3.8) is 0 Å². The SMILES string of the molecule is N#Cc1ccc(OCC2CCCO2)c(C(F)(F)F)c1. The van der Waals surface area contributed by atoms with Gasteiger partial charge in [0.2, 0.25) is 0 Å². The molecule has 1 fully saturated rings. The number of alkyl halides is 3. The molecule has 1 heterocycles. The van der Waals surface area contributed by atoms with Crippen molar-refractivity contribution in [1.29, 1.82) is 5.26 Å². The molecule has 0 amide bonds. The predicted octanol–water partition coefficient (Wildman–Crippen LogP) is 3.13. The third kappa shape index (κ3) is 3.38. The van der Waals surface area contributed by atoms with Crippen LogP contribution in [0.2, 0.25) is 0 Å². The van der Waals surface area contributed by atoms with Crippen molar-refractivity contribution >= 4 is 0 Å². The number of hydrogen-bond donors (Lipinski definition) is 0. The van der Waals surface area contributed by atoms with Crippen LogP contribution in [0, 0.1) is 11.3 Å². The molecule has 1 atom stereocenters. The average Bonchev–Trinajstić information content (AvgIpc) is 2.88. The molecule has 0 aliphatic carbocycles. The fourth-order valence-corrected chi connectivity index (χ4v) is 1.91. The fourth-order valence-electron chi connectivity index (χ4n) is 1.91. The molecule has 102 valence electrons. The Morgan fingerprint density at radius 2 is 2.21 bits per heavy atom. The van der Waals surface area contributed by atoms with E-state index in [1.54, 1.807) is 6.07 Å². The summed E-state index contributed by atoms with van der Waals surface area (Å²) in [4.78, 5) is 0. The van der Waals surface area contributed by atoms with Gasteiger partial charge >= 0.3 is 6.18 Å². The number of hydrogen-bond acceptors (Lipinski definition) is 3. The highest BCUT2D eigenvalue weighted by Crippen LogP contribution is 2.37. The summed E-state index contributed by atoms with van der Waals surface area (Å²) >= 11 is 0. The van der Waals surface area contributed by atoms with Gasteiger partial charge in [0.25, 0.3) is 0 Å². The van der Waals surface area contributed by atoms with Gasteiger partial charge in [-0.25, -0.2) is 0 Å². The Hall–Kier alpha value is -1.74. The standard InChI is InChI=1S/C13H12F3NO2/c14-13(15,16)11-6-9(7-17)3-4-12(11)19-8-10-2-1-5-18-10/h3-4,6,10H,1-2,5,8H2. The Kier molecular flexibility index (Phi) is 3.96. The molecule has 19 heavy (non-hydrogen) atoms. The van der Waals surface area contributed by atoms with Crippen LogP contribution < -0.4 is 4.74 Å². The maximum atomic E-state index is 12.8. The van der Waals surface area contributed by atoms with Crippen LogP contribution in [-0.4, -0.2) is 19.3 Å². The third-order valence-electron chi connectivity index (χ3n) is 2.86. The van der Waals surface area contributed by atoms with Crippen LogP contribution in [0.25, 0.3) is 0 Å². The molecule has 0 radical (unpaired) electrons. The molecule has 0 N–H and O–H groups in total. The first kappa shape index (κ1) is 13.7. The predicted molar refractivity (Wildman–Crippen MR) is 60.6 cm³/mol. The molecular formula is C13H12F3NO2. The van der Waals surface area contributed by atoms with Crippen LogP contribution in [0.3, 0.4) is 0 Å². The van der Waals surface area contributed by atoms with E-state index in [-0.39, 0.29) is 24.0 Å². The second kappa shape index (κ2) is 5.49. The van der Waals surface area contributed by atoms with Crippen molar-refractivity contribution in [2.24, 2.45) is 0 Å². The molecule has 0 spiro atoms. The highest BCUT2D eigenvalue weighted by Gasteiger charge is 2.35. The van der Waals surface area contributed by atoms with Crippen LogP contribution in [0.15, 0.2) is 18.2 Å². The van der Waals surface area contributed by atoms with Gasteiger partial charge in [-0.05, 0) is 31.0 Å². The van der Waals surface area contributed by atoms with Gasteiger partial charge in [-0.2, -0.15) is 18.4 Å². The lowest BCUT2D eigenvalue weighted by atomic mass is 10.1. The Morgan fingerprint density at radius 1 is 1.42 bits per heavy atom. The molecule has 0 aromatic heterocycles. The summed E-state index contributed by atoms with van der Waals surface area (Å²) in [6.45, 7) is 0.711. The molecule has 1 aliphatic heterocycles. The molecule has 0 bridgehead atoms. The van der Waals surface area contributed by atoms with E-state index in [0.717, 1.165) is 18.9 Å². The van der Waals surface area contributed by atoms with Gasteiger partial charge in [0.15, 0.2) is 0 Å². The molecule has 1 saturated heterocycles. The van der Waals surface area contributed by atoms with Crippen molar-refractivity contribution in [3.8, 4) is 11.8 Å². The smallest absolute Gasteiger partial charge is 0.420 e.